The highest BCUT2D eigenvalue weighted by Gasteiger charge is 2.10. The molecule has 3 nitrogen and oxygen atoms in total. The second-order valence-electron chi connectivity index (χ2n) is 3.95. The summed E-state index contributed by atoms with van der Waals surface area (Å²) < 4.78 is 5.40. The van der Waals surface area contributed by atoms with E-state index in [0.717, 1.165) is 10.9 Å². The third-order valence-corrected chi connectivity index (χ3v) is 2.76. The van der Waals surface area contributed by atoms with E-state index in [4.69, 9.17) is 4.74 Å². The maximum absolute atomic E-state index is 11.9. The van der Waals surface area contributed by atoms with Crippen LogP contribution in [-0.4, -0.2) is 11.0 Å². The minimum absolute atomic E-state index is 0.349. The zero-order valence-corrected chi connectivity index (χ0v) is 9.59. The van der Waals surface area contributed by atoms with Crippen LogP contribution in [0, 0.1) is 0 Å². The van der Waals surface area contributed by atoms with Gasteiger partial charge < -0.3 is 9.72 Å². The maximum atomic E-state index is 11.9. The average Bonchev–Trinajstić information content (AvgIpc) is 2.89. The number of esters is 1. The summed E-state index contributed by atoms with van der Waals surface area (Å²) in [6.07, 6.45) is 1.82. The normalized spacial score (nSPS) is 10.4. The largest absolute Gasteiger partial charge is 0.421 e. The second-order valence-corrected chi connectivity index (χ2v) is 3.95. The van der Waals surface area contributed by atoms with Gasteiger partial charge >= 0.3 is 5.97 Å². The predicted molar refractivity (Wildman–Crippen MR) is 69.7 cm³/mol. The fraction of sp³-hybridized carbons (Fsp3) is 0. The van der Waals surface area contributed by atoms with E-state index in [9.17, 15) is 4.79 Å². The van der Waals surface area contributed by atoms with Crippen LogP contribution in [0.3, 0.4) is 0 Å². The van der Waals surface area contributed by atoms with Gasteiger partial charge in [-0.1, -0.05) is 30.3 Å². The summed E-state index contributed by atoms with van der Waals surface area (Å²) >= 11 is 0. The van der Waals surface area contributed by atoms with Crippen LogP contribution in [-0.2, 0) is 0 Å². The van der Waals surface area contributed by atoms with Crippen molar-refractivity contribution in [3.05, 3.63) is 66.4 Å². The zero-order chi connectivity index (χ0) is 12.4. The van der Waals surface area contributed by atoms with E-state index in [0.29, 0.717) is 11.3 Å². The molecule has 3 aromatic rings. The number of aromatic nitrogens is 1. The first-order valence-corrected chi connectivity index (χ1v) is 5.68. The van der Waals surface area contributed by atoms with Crippen LogP contribution in [0.5, 0.6) is 5.75 Å². The molecule has 0 saturated heterocycles. The smallest absolute Gasteiger partial charge is 0.343 e. The number of hydrogen-bond donors (Lipinski definition) is 1. The lowest BCUT2D eigenvalue weighted by molar-refractivity contribution is 0.0737. The van der Waals surface area contributed by atoms with E-state index in [-0.39, 0.29) is 5.97 Å². The van der Waals surface area contributed by atoms with Crippen LogP contribution in [0.1, 0.15) is 10.4 Å². The molecule has 0 bridgehead atoms. The number of H-pyrrole nitrogens is 1. The maximum Gasteiger partial charge on any atom is 0.343 e. The standard InChI is InChI=1S/C15H11NO2/c17-15(12-5-2-1-3-6-12)18-13-8-4-7-11-9-10-16-14(11)13/h1-10,16H. The van der Waals surface area contributed by atoms with Crippen LogP contribution in [0.25, 0.3) is 10.9 Å². The second kappa shape index (κ2) is 4.37. The summed E-state index contributed by atoms with van der Waals surface area (Å²) in [5.41, 5.74) is 1.38. The van der Waals surface area contributed by atoms with E-state index in [1.54, 1.807) is 18.2 Å². The Morgan fingerprint density at radius 3 is 2.61 bits per heavy atom. The summed E-state index contributed by atoms with van der Waals surface area (Å²) in [7, 11) is 0. The molecule has 0 unspecified atom stereocenters. The minimum Gasteiger partial charge on any atom is -0.421 e. The number of hydrogen-bond acceptors (Lipinski definition) is 2. The number of carbonyl (C=O) groups excluding carboxylic acids is 1. The quantitative estimate of drug-likeness (QED) is 0.548. The van der Waals surface area contributed by atoms with Gasteiger partial charge in [-0.15, -0.1) is 0 Å². The van der Waals surface area contributed by atoms with Crippen LogP contribution < -0.4 is 4.74 Å². The van der Waals surface area contributed by atoms with Gasteiger partial charge in [0.05, 0.1) is 11.1 Å². The molecule has 0 spiro atoms. The molecule has 0 aliphatic carbocycles. The summed E-state index contributed by atoms with van der Waals surface area (Å²) in [4.78, 5) is 15.0. The van der Waals surface area contributed by atoms with Crippen LogP contribution in [0.2, 0.25) is 0 Å². The molecule has 0 fully saturated rings. The Morgan fingerprint density at radius 1 is 0.944 bits per heavy atom. The Kier molecular flexibility index (Phi) is 2.57. The number of rotatable bonds is 2. The van der Waals surface area contributed by atoms with Gasteiger partial charge in [-0.05, 0) is 24.3 Å². The first-order chi connectivity index (χ1) is 8.84. The fourth-order valence-electron chi connectivity index (χ4n) is 1.87. The highest BCUT2D eigenvalue weighted by Crippen LogP contribution is 2.24. The molecule has 1 aromatic heterocycles. The third-order valence-electron chi connectivity index (χ3n) is 2.76. The summed E-state index contributed by atoms with van der Waals surface area (Å²) in [6, 6.07) is 16.5. The SMILES string of the molecule is O=C(Oc1cccc2cc[nH]c12)c1ccccc1. The van der Waals surface area contributed by atoms with Crippen LogP contribution in [0.15, 0.2) is 60.8 Å². The number of fused-ring (bicyclic) bond motifs is 1. The van der Waals surface area contributed by atoms with E-state index in [1.807, 2.05) is 42.6 Å². The predicted octanol–water partition coefficient (Wildman–Crippen LogP) is 3.39. The molecule has 1 heterocycles. The number of benzene rings is 2. The van der Waals surface area contributed by atoms with Gasteiger partial charge in [0.2, 0.25) is 0 Å². The van der Waals surface area contributed by atoms with E-state index in [2.05, 4.69) is 4.98 Å². The van der Waals surface area contributed by atoms with Crippen molar-refractivity contribution in [2.75, 3.05) is 0 Å². The van der Waals surface area contributed by atoms with E-state index >= 15 is 0 Å². The van der Waals surface area contributed by atoms with E-state index < -0.39 is 0 Å². The van der Waals surface area contributed by atoms with Gasteiger partial charge in [-0.25, -0.2) is 4.79 Å². The molecule has 0 aliphatic rings. The molecule has 18 heavy (non-hydrogen) atoms. The molecule has 0 atom stereocenters. The fourth-order valence-corrected chi connectivity index (χ4v) is 1.87. The highest BCUT2D eigenvalue weighted by atomic mass is 16.5. The monoisotopic (exact) mass is 237 g/mol. The van der Waals surface area contributed by atoms with Crippen LogP contribution >= 0.6 is 0 Å². The molecule has 2 aromatic carbocycles. The van der Waals surface area contributed by atoms with Crippen LogP contribution in [0.4, 0.5) is 0 Å². The van der Waals surface area contributed by atoms with Gasteiger partial charge in [0.15, 0.2) is 5.75 Å². The molecule has 0 radical (unpaired) electrons. The molecule has 0 amide bonds. The Hall–Kier alpha value is -2.55. The Bertz CT molecular complexity index is 686. The first kappa shape index (κ1) is 10.6. The Labute approximate surface area is 104 Å². The topological polar surface area (TPSA) is 42.1 Å². The lowest BCUT2D eigenvalue weighted by Gasteiger charge is -2.05. The van der Waals surface area contributed by atoms with E-state index in [1.165, 1.54) is 0 Å². The molecular formula is C15H11NO2. The van der Waals surface area contributed by atoms with Gasteiger partial charge in [0, 0.05) is 11.6 Å². The minimum atomic E-state index is -0.349. The summed E-state index contributed by atoms with van der Waals surface area (Å²) in [5, 5.41) is 1.02. The molecule has 3 rings (SSSR count). The number of carbonyl (C=O) groups is 1. The number of nitrogens with one attached hydrogen (secondary N) is 1. The lowest BCUT2D eigenvalue weighted by Crippen LogP contribution is -2.08. The average molecular weight is 237 g/mol. The summed E-state index contributed by atoms with van der Waals surface area (Å²) in [5.74, 6) is 0.198. The first-order valence-electron chi connectivity index (χ1n) is 5.68. The molecule has 88 valence electrons. The lowest BCUT2D eigenvalue weighted by atomic mass is 10.2. The number of ether oxygens (including phenoxy) is 1. The number of aromatic amines is 1. The van der Waals surface area contributed by atoms with Gasteiger partial charge in [0.1, 0.15) is 0 Å². The molecule has 0 aliphatic heterocycles. The van der Waals surface area contributed by atoms with Crippen molar-refractivity contribution in [2.24, 2.45) is 0 Å². The van der Waals surface area contributed by atoms with Crippen molar-refractivity contribution in [3.63, 3.8) is 0 Å². The summed E-state index contributed by atoms with van der Waals surface area (Å²) in [6.45, 7) is 0. The molecular weight excluding hydrogens is 226 g/mol. The van der Waals surface area contributed by atoms with Crippen molar-refractivity contribution < 1.29 is 9.53 Å². The van der Waals surface area contributed by atoms with Crippen molar-refractivity contribution in [3.8, 4) is 5.75 Å². The third kappa shape index (κ3) is 1.86. The molecule has 1 N–H and O–H groups in total. The Morgan fingerprint density at radius 2 is 1.78 bits per heavy atom. The van der Waals surface area contributed by atoms with Crippen molar-refractivity contribution >= 4 is 16.9 Å². The van der Waals surface area contributed by atoms with Gasteiger partial charge in [-0.2, -0.15) is 0 Å². The Balaban J connectivity index is 1.93. The highest BCUT2D eigenvalue weighted by molar-refractivity contribution is 5.94. The van der Waals surface area contributed by atoms with Crippen molar-refractivity contribution in [2.45, 2.75) is 0 Å². The van der Waals surface area contributed by atoms with Crippen molar-refractivity contribution in [1.29, 1.82) is 0 Å². The van der Waals surface area contributed by atoms with Gasteiger partial charge in [0.25, 0.3) is 0 Å². The van der Waals surface area contributed by atoms with Crippen molar-refractivity contribution in [1.82, 2.24) is 4.98 Å². The molecule has 3 heteroatoms. The van der Waals surface area contributed by atoms with Gasteiger partial charge in [-0.3, -0.25) is 0 Å². The molecule has 0 saturated carbocycles. The number of para-hydroxylation sites is 1. The zero-order valence-electron chi connectivity index (χ0n) is 9.59.